The normalized spacial score (nSPS) is 22.1. The van der Waals surface area contributed by atoms with E-state index in [1.807, 2.05) is 12.1 Å². The van der Waals surface area contributed by atoms with Crippen LogP contribution >= 0.6 is 0 Å². The van der Waals surface area contributed by atoms with Crippen molar-refractivity contribution in [1.29, 1.82) is 0 Å². The average Bonchev–Trinajstić information content (AvgIpc) is 2.52. The van der Waals surface area contributed by atoms with Crippen LogP contribution in [0.1, 0.15) is 31.2 Å². The molecule has 21 heavy (non-hydrogen) atoms. The quantitative estimate of drug-likeness (QED) is 0.460. The molecule has 0 spiro atoms. The van der Waals surface area contributed by atoms with E-state index >= 15 is 0 Å². The molecule has 1 saturated carbocycles. The van der Waals surface area contributed by atoms with Crippen molar-refractivity contribution >= 4 is 5.69 Å². The highest BCUT2D eigenvalue weighted by Crippen LogP contribution is 2.29. The van der Waals surface area contributed by atoms with Gasteiger partial charge in [-0.15, -0.1) is 0 Å². The minimum Gasteiger partial charge on any atom is -0.396 e. The molecule has 1 fully saturated rings. The molecule has 116 valence electrons. The Morgan fingerprint density at radius 3 is 2.67 bits per heavy atom. The first-order valence-corrected chi connectivity index (χ1v) is 7.76. The van der Waals surface area contributed by atoms with Gasteiger partial charge in [0.25, 0.3) is 5.69 Å². The Balaban J connectivity index is 1.78. The lowest BCUT2D eigenvalue weighted by Gasteiger charge is -2.30. The van der Waals surface area contributed by atoms with Crippen molar-refractivity contribution in [3.8, 4) is 0 Å². The predicted octanol–water partition coefficient (Wildman–Crippen LogP) is 2.53. The number of hydrogen-bond acceptors (Lipinski definition) is 4. The summed E-state index contributed by atoms with van der Waals surface area (Å²) in [5.41, 5.74) is 0.975. The first kappa shape index (κ1) is 15.9. The van der Waals surface area contributed by atoms with Gasteiger partial charge in [0.15, 0.2) is 0 Å². The fourth-order valence-corrected chi connectivity index (χ4v) is 3.20. The lowest BCUT2D eigenvalue weighted by Crippen LogP contribution is -2.33. The summed E-state index contributed by atoms with van der Waals surface area (Å²) >= 11 is 0. The molecule has 2 rings (SSSR count). The standard InChI is InChI=1S/C16H24N2O3/c19-12-15-7-2-1-6-14(15)11-17-10-9-13-5-3-4-8-16(13)18(20)21/h3-5,8,14-15,17,19H,1-2,6-7,9-12H2. The number of benzene rings is 1. The number of aliphatic hydroxyl groups excluding tert-OH is 1. The summed E-state index contributed by atoms with van der Waals surface area (Å²) in [6.07, 6.45) is 5.41. The van der Waals surface area contributed by atoms with Gasteiger partial charge in [0.2, 0.25) is 0 Å². The highest BCUT2D eigenvalue weighted by Gasteiger charge is 2.23. The molecule has 0 aromatic heterocycles. The Morgan fingerprint density at radius 2 is 1.95 bits per heavy atom. The molecule has 0 amide bonds. The molecule has 0 saturated heterocycles. The summed E-state index contributed by atoms with van der Waals surface area (Å²) in [5, 5.41) is 23.7. The van der Waals surface area contributed by atoms with Gasteiger partial charge < -0.3 is 10.4 Å². The second-order valence-electron chi connectivity index (χ2n) is 5.83. The molecule has 2 N–H and O–H groups in total. The summed E-state index contributed by atoms with van der Waals surface area (Å²) in [6, 6.07) is 6.91. The van der Waals surface area contributed by atoms with Gasteiger partial charge in [-0.1, -0.05) is 31.0 Å². The number of rotatable bonds is 7. The van der Waals surface area contributed by atoms with Crippen molar-refractivity contribution in [2.75, 3.05) is 19.7 Å². The van der Waals surface area contributed by atoms with Gasteiger partial charge in [-0.25, -0.2) is 0 Å². The van der Waals surface area contributed by atoms with E-state index in [2.05, 4.69) is 5.32 Å². The van der Waals surface area contributed by atoms with Crippen LogP contribution < -0.4 is 5.32 Å². The zero-order valence-corrected chi connectivity index (χ0v) is 12.3. The van der Waals surface area contributed by atoms with Gasteiger partial charge in [-0.2, -0.15) is 0 Å². The Bertz CT molecular complexity index is 465. The first-order valence-electron chi connectivity index (χ1n) is 7.76. The van der Waals surface area contributed by atoms with E-state index in [1.54, 1.807) is 12.1 Å². The monoisotopic (exact) mass is 292 g/mol. The number of hydrogen-bond donors (Lipinski definition) is 2. The minimum atomic E-state index is -0.321. The molecule has 0 radical (unpaired) electrons. The second kappa shape index (κ2) is 8.10. The van der Waals surface area contributed by atoms with Gasteiger partial charge in [0.05, 0.1) is 4.92 Å². The molecule has 0 aliphatic heterocycles. The molecule has 1 aromatic carbocycles. The minimum absolute atomic E-state index is 0.199. The molecule has 5 heteroatoms. The highest BCUT2D eigenvalue weighted by atomic mass is 16.6. The maximum absolute atomic E-state index is 10.9. The molecular formula is C16H24N2O3. The van der Waals surface area contributed by atoms with Gasteiger partial charge in [0, 0.05) is 18.2 Å². The smallest absolute Gasteiger partial charge is 0.272 e. The molecule has 0 bridgehead atoms. The van der Waals surface area contributed by atoms with E-state index in [0.29, 0.717) is 18.3 Å². The zero-order valence-electron chi connectivity index (χ0n) is 12.3. The van der Waals surface area contributed by atoms with Crippen LogP contribution in [0, 0.1) is 22.0 Å². The van der Waals surface area contributed by atoms with E-state index < -0.39 is 0 Å². The Labute approximate surface area is 125 Å². The molecule has 1 aliphatic rings. The number of nitrogens with one attached hydrogen (secondary N) is 1. The number of nitro groups is 1. The second-order valence-corrected chi connectivity index (χ2v) is 5.83. The van der Waals surface area contributed by atoms with Gasteiger partial charge in [-0.05, 0) is 44.2 Å². The van der Waals surface area contributed by atoms with E-state index in [9.17, 15) is 15.2 Å². The third-order valence-corrected chi connectivity index (χ3v) is 4.47. The predicted molar refractivity (Wildman–Crippen MR) is 82.2 cm³/mol. The summed E-state index contributed by atoms with van der Waals surface area (Å²) < 4.78 is 0. The summed E-state index contributed by atoms with van der Waals surface area (Å²) in [6.45, 7) is 1.90. The summed E-state index contributed by atoms with van der Waals surface area (Å²) in [7, 11) is 0. The lowest BCUT2D eigenvalue weighted by atomic mass is 9.79. The number of nitro benzene ring substituents is 1. The molecule has 1 aromatic rings. The van der Waals surface area contributed by atoms with E-state index in [1.165, 1.54) is 19.3 Å². The Kier molecular flexibility index (Phi) is 6.14. The van der Waals surface area contributed by atoms with E-state index in [0.717, 1.165) is 25.1 Å². The van der Waals surface area contributed by atoms with Gasteiger partial charge in [0.1, 0.15) is 0 Å². The van der Waals surface area contributed by atoms with E-state index in [4.69, 9.17) is 0 Å². The van der Waals surface area contributed by atoms with Crippen molar-refractivity contribution in [2.24, 2.45) is 11.8 Å². The van der Waals surface area contributed by atoms with Crippen LogP contribution in [0.15, 0.2) is 24.3 Å². The van der Waals surface area contributed by atoms with Gasteiger partial charge >= 0.3 is 0 Å². The SMILES string of the molecule is O=[N+]([O-])c1ccccc1CCNCC1CCCCC1CO. The third-order valence-electron chi connectivity index (χ3n) is 4.47. The lowest BCUT2D eigenvalue weighted by molar-refractivity contribution is -0.385. The Morgan fingerprint density at radius 1 is 1.24 bits per heavy atom. The summed E-state index contributed by atoms with van der Waals surface area (Å²) in [5.74, 6) is 0.951. The highest BCUT2D eigenvalue weighted by molar-refractivity contribution is 5.39. The largest absolute Gasteiger partial charge is 0.396 e. The Hall–Kier alpha value is -1.46. The van der Waals surface area contributed by atoms with E-state index in [-0.39, 0.29) is 17.2 Å². The topological polar surface area (TPSA) is 75.4 Å². The third kappa shape index (κ3) is 4.51. The zero-order chi connectivity index (χ0) is 15.1. The van der Waals surface area contributed by atoms with Crippen molar-refractivity contribution in [2.45, 2.75) is 32.1 Å². The van der Waals surface area contributed by atoms with Crippen molar-refractivity contribution < 1.29 is 10.0 Å². The fraction of sp³-hybridized carbons (Fsp3) is 0.625. The maximum Gasteiger partial charge on any atom is 0.272 e. The van der Waals surface area contributed by atoms with Crippen molar-refractivity contribution in [3.63, 3.8) is 0 Å². The van der Waals surface area contributed by atoms with Crippen LogP contribution in [0.4, 0.5) is 5.69 Å². The van der Waals surface area contributed by atoms with Gasteiger partial charge in [-0.3, -0.25) is 10.1 Å². The number of para-hydroxylation sites is 1. The molecule has 2 unspecified atom stereocenters. The average molecular weight is 292 g/mol. The van der Waals surface area contributed by atoms with Crippen LogP contribution in [0.3, 0.4) is 0 Å². The molecule has 2 atom stereocenters. The maximum atomic E-state index is 10.9. The molecule has 5 nitrogen and oxygen atoms in total. The summed E-state index contributed by atoms with van der Waals surface area (Å²) in [4.78, 5) is 10.6. The van der Waals surface area contributed by atoms with Crippen LogP contribution in [0.25, 0.3) is 0 Å². The fourth-order valence-electron chi connectivity index (χ4n) is 3.20. The molecule has 1 aliphatic carbocycles. The number of nitrogens with zero attached hydrogens (tertiary/aromatic N) is 1. The van der Waals surface area contributed by atoms with Crippen LogP contribution in [-0.2, 0) is 6.42 Å². The van der Waals surface area contributed by atoms with Crippen molar-refractivity contribution in [3.05, 3.63) is 39.9 Å². The first-order chi connectivity index (χ1) is 10.2. The van der Waals surface area contributed by atoms with Crippen LogP contribution in [0.2, 0.25) is 0 Å². The van der Waals surface area contributed by atoms with Crippen LogP contribution in [-0.4, -0.2) is 29.7 Å². The van der Waals surface area contributed by atoms with Crippen molar-refractivity contribution in [1.82, 2.24) is 5.32 Å². The molecule has 0 heterocycles. The molecular weight excluding hydrogens is 268 g/mol. The number of aliphatic hydroxyl groups is 1. The van der Waals surface area contributed by atoms with Crippen LogP contribution in [0.5, 0.6) is 0 Å².